The third-order valence-electron chi connectivity index (χ3n) is 4.84. The Labute approximate surface area is 170 Å². The Kier molecular flexibility index (Phi) is 7.93. The van der Waals surface area contributed by atoms with Gasteiger partial charge < -0.3 is 14.2 Å². The SMILES string of the molecule is C=C1C(=O)OC2/C=C(\COC(C)=O)CCC=C(C=O)CC(OC(=O)CC(C)C)C12. The zero-order chi connectivity index (χ0) is 21.6. The molecule has 2 aliphatic rings. The van der Waals surface area contributed by atoms with Gasteiger partial charge in [0.2, 0.25) is 0 Å². The lowest BCUT2D eigenvalue weighted by Crippen LogP contribution is -2.34. The van der Waals surface area contributed by atoms with Gasteiger partial charge in [-0.1, -0.05) is 26.5 Å². The topological polar surface area (TPSA) is 96.0 Å². The molecule has 0 N–H and O–H groups in total. The van der Waals surface area contributed by atoms with Crippen molar-refractivity contribution in [2.75, 3.05) is 6.61 Å². The smallest absolute Gasteiger partial charge is 0.334 e. The van der Waals surface area contributed by atoms with Crippen LogP contribution in [0.15, 0.2) is 35.5 Å². The fourth-order valence-corrected chi connectivity index (χ4v) is 3.46. The Morgan fingerprint density at radius 1 is 1.38 bits per heavy atom. The summed E-state index contributed by atoms with van der Waals surface area (Å²) in [5.74, 6) is -1.89. The van der Waals surface area contributed by atoms with Crippen molar-refractivity contribution in [2.45, 2.75) is 58.7 Å². The minimum absolute atomic E-state index is 0.0602. The van der Waals surface area contributed by atoms with Crippen molar-refractivity contribution >= 4 is 24.2 Å². The summed E-state index contributed by atoms with van der Waals surface area (Å²) in [5.41, 5.74) is 1.44. The van der Waals surface area contributed by atoms with Crippen LogP contribution in [-0.2, 0) is 33.4 Å². The molecule has 1 heterocycles. The lowest BCUT2D eigenvalue weighted by molar-refractivity contribution is -0.153. The molecule has 1 aliphatic carbocycles. The summed E-state index contributed by atoms with van der Waals surface area (Å²) in [4.78, 5) is 47.3. The first kappa shape index (κ1) is 22.6. The van der Waals surface area contributed by atoms with E-state index < -0.39 is 36.0 Å². The monoisotopic (exact) mass is 404 g/mol. The van der Waals surface area contributed by atoms with Gasteiger partial charge in [-0.2, -0.15) is 0 Å². The molecule has 3 atom stereocenters. The number of carbonyl (C=O) groups excluding carboxylic acids is 4. The van der Waals surface area contributed by atoms with E-state index in [-0.39, 0.29) is 30.9 Å². The maximum absolute atomic E-state index is 12.3. The van der Waals surface area contributed by atoms with E-state index >= 15 is 0 Å². The van der Waals surface area contributed by atoms with Gasteiger partial charge in [-0.05, 0) is 36.0 Å². The molecular weight excluding hydrogens is 376 g/mol. The number of esters is 3. The Bertz CT molecular complexity index is 744. The summed E-state index contributed by atoms with van der Waals surface area (Å²) in [6, 6.07) is 0. The van der Waals surface area contributed by atoms with E-state index in [2.05, 4.69) is 6.58 Å². The summed E-state index contributed by atoms with van der Waals surface area (Å²) in [6.07, 6.45) is 4.27. The van der Waals surface area contributed by atoms with E-state index in [0.717, 1.165) is 11.9 Å². The molecule has 158 valence electrons. The lowest BCUT2D eigenvalue weighted by atomic mass is 9.85. The normalized spacial score (nSPS) is 26.6. The number of ether oxygens (including phenoxy) is 3. The minimum Gasteiger partial charge on any atom is -0.461 e. The van der Waals surface area contributed by atoms with E-state index in [4.69, 9.17) is 14.2 Å². The molecule has 0 amide bonds. The number of fused-ring (bicyclic) bond motifs is 1. The van der Waals surface area contributed by atoms with Crippen molar-refractivity contribution in [1.29, 1.82) is 0 Å². The molecular formula is C22H28O7. The van der Waals surface area contributed by atoms with Gasteiger partial charge in [0.15, 0.2) is 0 Å². The van der Waals surface area contributed by atoms with Gasteiger partial charge in [0.25, 0.3) is 0 Å². The van der Waals surface area contributed by atoms with E-state index in [1.54, 1.807) is 12.2 Å². The van der Waals surface area contributed by atoms with Crippen molar-refractivity contribution in [3.8, 4) is 0 Å². The molecule has 3 unspecified atom stereocenters. The Balaban J connectivity index is 2.38. The zero-order valence-electron chi connectivity index (χ0n) is 17.1. The van der Waals surface area contributed by atoms with Crippen LogP contribution in [0.1, 0.15) is 46.5 Å². The molecule has 0 saturated carbocycles. The second-order valence-electron chi connectivity index (χ2n) is 7.79. The molecule has 0 spiro atoms. The third kappa shape index (κ3) is 6.41. The van der Waals surface area contributed by atoms with E-state index in [1.807, 2.05) is 13.8 Å². The van der Waals surface area contributed by atoms with E-state index in [9.17, 15) is 19.2 Å². The van der Waals surface area contributed by atoms with Crippen molar-refractivity contribution in [3.63, 3.8) is 0 Å². The molecule has 0 bridgehead atoms. The second-order valence-corrected chi connectivity index (χ2v) is 7.79. The van der Waals surface area contributed by atoms with Gasteiger partial charge in [0, 0.05) is 25.3 Å². The summed E-state index contributed by atoms with van der Waals surface area (Å²) in [5, 5.41) is 0. The first-order chi connectivity index (χ1) is 13.7. The zero-order valence-corrected chi connectivity index (χ0v) is 17.1. The number of aldehydes is 1. The molecule has 7 nitrogen and oxygen atoms in total. The predicted molar refractivity (Wildman–Crippen MR) is 105 cm³/mol. The summed E-state index contributed by atoms with van der Waals surface area (Å²) in [6.45, 7) is 9.01. The quantitative estimate of drug-likeness (QED) is 0.221. The van der Waals surface area contributed by atoms with Crippen molar-refractivity contribution < 1.29 is 33.4 Å². The van der Waals surface area contributed by atoms with Crippen LogP contribution in [0.25, 0.3) is 0 Å². The third-order valence-corrected chi connectivity index (χ3v) is 4.84. The minimum atomic E-state index is -0.758. The van der Waals surface area contributed by atoms with Crippen LogP contribution in [0.2, 0.25) is 0 Å². The predicted octanol–water partition coefficient (Wildman–Crippen LogP) is 2.84. The lowest BCUT2D eigenvalue weighted by Gasteiger charge is -2.27. The van der Waals surface area contributed by atoms with Crippen LogP contribution in [0.5, 0.6) is 0 Å². The van der Waals surface area contributed by atoms with Crippen LogP contribution >= 0.6 is 0 Å². The number of hydrogen-bond acceptors (Lipinski definition) is 7. The van der Waals surface area contributed by atoms with Crippen LogP contribution in [0, 0.1) is 11.8 Å². The Hall–Kier alpha value is -2.70. The molecule has 0 aromatic carbocycles. The number of hydrogen-bond donors (Lipinski definition) is 0. The average molecular weight is 404 g/mol. The van der Waals surface area contributed by atoms with Gasteiger partial charge in [-0.3, -0.25) is 14.4 Å². The number of carbonyl (C=O) groups is 4. The number of rotatable bonds is 6. The van der Waals surface area contributed by atoms with Crippen LogP contribution in [0.4, 0.5) is 0 Å². The maximum atomic E-state index is 12.3. The van der Waals surface area contributed by atoms with Crippen LogP contribution < -0.4 is 0 Å². The second kappa shape index (κ2) is 10.2. The summed E-state index contributed by atoms with van der Waals surface area (Å²) >= 11 is 0. The average Bonchev–Trinajstić information content (AvgIpc) is 2.90. The van der Waals surface area contributed by atoms with Gasteiger partial charge >= 0.3 is 17.9 Å². The standard InChI is InChI=1S/C22H28O7/c1-13(2)8-20(25)28-18-9-16(11-23)6-5-7-17(12-27-15(4)24)10-19-21(18)14(3)22(26)29-19/h6,10-11,13,18-19,21H,3,5,7-9,12H2,1-2,4H3/b16-6?,17-10-. The fraction of sp³-hybridized carbons (Fsp3) is 0.545. The van der Waals surface area contributed by atoms with Crippen molar-refractivity contribution in [1.82, 2.24) is 0 Å². The largest absolute Gasteiger partial charge is 0.461 e. The van der Waals surface area contributed by atoms with Crippen molar-refractivity contribution in [2.24, 2.45) is 11.8 Å². The molecule has 1 saturated heterocycles. The molecule has 1 fully saturated rings. The van der Waals surface area contributed by atoms with E-state index in [1.165, 1.54) is 6.92 Å². The maximum Gasteiger partial charge on any atom is 0.334 e. The molecule has 1 aliphatic heterocycles. The Morgan fingerprint density at radius 2 is 2.10 bits per heavy atom. The molecule has 0 aromatic heterocycles. The summed E-state index contributed by atoms with van der Waals surface area (Å²) in [7, 11) is 0. The van der Waals surface area contributed by atoms with Crippen molar-refractivity contribution in [3.05, 3.63) is 35.5 Å². The number of allylic oxidation sites excluding steroid dienone is 1. The molecule has 0 aromatic rings. The highest BCUT2D eigenvalue weighted by Gasteiger charge is 2.44. The van der Waals surface area contributed by atoms with Gasteiger partial charge in [0.1, 0.15) is 25.1 Å². The van der Waals surface area contributed by atoms with Gasteiger partial charge in [0.05, 0.1) is 5.92 Å². The molecule has 2 rings (SSSR count). The fourth-order valence-electron chi connectivity index (χ4n) is 3.46. The van der Waals surface area contributed by atoms with E-state index in [0.29, 0.717) is 18.4 Å². The highest BCUT2D eigenvalue weighted by Crippen LogP contribution is 2.36. The summed E-state index contributed by atoms with van der Waals surface area (Å²) < 4.78 is 16.2. The molecule has 29 heavy (non-hydrogen) atoms. The molecule has 0 radical (unpaired) electrons. The highest BCUT2D eigenvalue weighted by molar-refractivity contribution is 5.91. The molecule has 7 heteroatoms. The van der Waals surface area contributed by atoms with Gasteiger partial charge in [-0.25, -0.2) is 4.79 Å². The Morgan fingerprint density at radius 3 is 2.72 bits per heavy atom. The first-order valence-corrected chi connectivity index (χ1v) is 9.77. The van der Waals surface area contributed by atoms with Gasteiger partial charge in [-0.15, -0.1) is 0 Å². The first-order valence-electron chi connectivity index (χ1n) is 9.77. The highest BCUT2D eigenvalue weighted by atomic mass is 16.6. The van der Waals surface area contributed by atoms with Crippen LogP contribution in [-0.4, -0.2) is 43.0 Å². The van der Waals surface area contributed by atoms with Crippen LogP contribution in [0.3, 0.4) is 0 Å².